The van der Waals surface area contributed by atoms with E-state index in [1.165, 1.54) is 0 Å². The zero-order valence-corrected chi connectivity index (χ0v) is 15.9. The van der Waals surface area contributed by atoms with Crippen molar-refractivity contribution in [1.29, 1.82) is 0 Å². The average Bonchev–Trinajstić information content (AvgIpc) is 3.17. The first-order valence-electron chi connectivity index (χ1n) is 9.00. The molecule has 0 aromatic heterocycles. The summed E-state index contributed by atoms with van der Waals surface area (Å²) in [6.07, 6.45) is 1.32. The average molecular weight is 385 g/mol. The lowest BCUT2D eigenvalue weighted by Gasteiger charge is -2.16. The largest absolute Gasteiger partial charge is 0.497 e. The minimum absolute atomic E-state index is 0.147. The number of aryl methyl sites for hydroxylation is 1. The number of methoxy groups -OCH3 is 2. The van der Waals surface area contributed by atoms with Crippen LogP contribution in [0.3, 0.4) is 0 Å². The van der Waals surface area contributed by atoms with E-state index in [1.807, 2.05) is 12.1 Å². The summed E-state index contributed by atoms with van der Waals surface area (Å²) in [5.74, 6) is 0.601. The summed E-state index contributed by atoms with van der Waals surface area (Å²) in [4.78, 5) is 24.1. The fourth-order valence-corrected chi connectivity index (χ4v) is 3.18. The number of aliphatic carboxylic acids is 1. The van der Waals surface area contributed by atoms with Gasteiger partial charge in [-0.3, -0.25) is 4.79 Å². The lowest BCUT2D eigenvalue weighted by Crippen LogP contribution is -2.33. The molecule has 0 spiro atoms. The van der Waals surface area contributed by atoms with Crippen molar-refractivity contribution in [2.24, 2.45) is 0 Å². The number of ether oxygens (including phenoxy) is 3. The maximum atomic E-state index is 12.4. The third-order valence-corrected chi connectivity index (χ3v) is 4.65. The highest BCUT2D eigenvalue weighted by molar-refractivity contribution is 5.84. The van der Waals surface area contributed by atoms with Gasteiger partial charge in [0, 0.05) is 18.9 Å². The molecule has 7 heteroatoms. The van der Waals surface area contributed by atoms with Gasteiger partial charge in [-0.1, -0.05) is 6.07 Å². The SMILES string of the molecule is COc1cc(CCC(=O)NC(C(=O)O)c2ccc3c(c2)CCO3)cc(OC)c1. The van der Waals surface area contributed by atoms with Crippen LogP contribution in [-0.4, -0.2) is 37.8 Å². The molecule has 0 aliphatic carbocycles. The molecule has 1 unspecified atom stereocenters. The zero-order chi connectivity index (χ0) is 20.1. The number of carboxylic acid groups (broad SMARTS) is 1. The molecule has 0 saturated carbocycles. The number of fused-ring (bicyclic) bond motifs is 1. The maximum Gasteiger partial charge on any atom is 0.330 e. The molecule has 7 nitrogen and oxygen atoms in total. The van der Waals surface area contributed by atoms with Crippen LogP contribution in [0.25, 0.3) is 0 Å². The monoisotopic (exact) mass is 385 g/mol. The predicted molar refractivity (Wildman–Crippen MR) is 102 cm³/mol. The third-order valence-electron chi connectivity index (χ3n) is 4.65. The van der Waals surface area contributed by atoms with Gasteiger partial charge in [0.25, 0.3) is 0 Å². The Morgan fingerprint density at radius 2 is 1.86 bits per heavy atom. The summed E-state index contributed by atoms with van der Waals surface area (Å²) < 4.78 is 15.9. The van der Waals surface area contributed by atoms with Crippen LogP contribution >= 0.6 is 0 Å². The number of carbonyl (C=O) groups is 2. The van der Waals surface area contributed by atoms with Crippen molar-refractivity contribution in [2.45, 2.75) is 25.3 Å². The maximum absolute atomic E-state index is 12.4. The van der Waals surface area contributed by atoms with E-state index >= 15 is 0 Å². The molecule has 2 aromatic rings. The van der Waals surface area contributed by atoms with Crippen LogP contribution in [0.1, 0.15) is 29.2 Å². The minimum Gasteiger partial charge on any atom is -0.497 e. The smallest absolute Gasteiger partial charge is 0.330 e. The highest BCUT2D eigenvalue weighted by Crippen LogP contribution is 2.28. The van der Waals surface area contributed by atoms with E-state index in [0.717, 1.165) is 23.3 Å². The Kier molecular flexibility index (Phi) is 6.03. The van der Waals surface area contributed by atoms with Crippen molar-refractivity contribution in [1.82, 2.24) is 5.32 Å². The Morgan fingerprint density at radius 3 is 2.50 bits per heavy atom. The normalized spacial score (nSPS) is 13.2. The Hall–Kier alpha value is -3.22. The van der Waals surface area contributed by atoms with Crippen molar-refractivity contribution in [2.75, 3.05) is 20.8 Å². The fraction of sp³-hybridized carbons (Fsp3) is 0.333. The van der Waals surface area contributed by atoms with Gasteiger partial charge in [-0.15, -0.1) is 0 Å². The molecule has 28 heavy (non-hydrogen) atoms. The highest BCUT2D eigenvalue weighted by Gasteiger charge is 2.24. The summed E-state index contributed by atoms with van der Waals surface area (Å²) in [5.41, 5.74) is 2.36. The van der Waals surface area contributed by atoms with Gasteiger partial charge >= 0.3 is 5.97 Å². The molecule has 1 amide bonds. The number of hydrogen-bond acceptors (Lipinski definition) is 5. The summed E-state index contributed by atoms with van der Waals surface area (Å²) >= 11 is 0. The van der Waals surface area contributed by atoms with E-state index < -0.39 is 12.0 Å². The van der Waals surface area contributed by atoms with Crippen LogP contribution in [0.2, 0.25) is 0 Å². The Labute approximate surface area is 163 Å². The first-order chi connectivity index (χ1) is 13.5. The molecule has 0 saturated heterocycles. The minimum atomic E-state index is -1.10. The molecule has 2 aromatic carbocycles. The van der Waals surface area contributed by atoms with Crippen LogP contribution in [0.4, 0.5) is 0 Å². The summed E-state index contributed by atoms with van der Waals surface area (Å²) in [6, 6.07) is 9.52. The molecule has 2 N–H and O–H groups in total. The standard InChI is InChI=1S/C21H23NO6/c1-26-16-9-13(10-17(12-16)27-2)3-6-19(23)22-20(21(24)25)15-4-5-18-14(11-15)7-8-28-18/h4-5,9-12,20H,3,6-8H2,1-2H3,(H,22,23)(H,24,25). The van der Waals surface area contributed by atoms with Crippen molar-refractivity contribution in [3.05, 3.63) is 53.1 Å². The number of carboxylic acids is 1. The van der Waals surface area contributed by atoms with Gasteiger partial charge < -0.3 is 24.6 Å². The van der Waals surface area contributed by atoms with E-state index in [4.69, 9.17) is 14.2 Å². The molecule has 3 rings (SSSR count). The fourth-order valence-electron chi connectivity index (χ4n) is 3.18. The number of nitrogens with one attached hydrogen (secondary N) is 1. The predicted octanol–water partition coefficient (Wildman–Crippen LogP) is 2.51. The number of carbonyl (C=O) groups excluding carboxylic acids is 1. The van der Waals surface area contributed by atoms with Gasteiger partial charge in [-0.2, -0.15) is 0 Å². The Bertz CT molecular complexity index is 857. The number of hydrogen-bond donors (Lipinski definition) is 2. The van der Waals surface area contributed by atoms with Crippen LogP contribution in [0.5, 0.6) is 17.2 Å². The van der Waals surface area contributed by atoms with Crippen LogP contribution in [0.15, 0.2) is 36.4 Å². The lowest BCUT2D eigenvalue weighted by atomic mass is 10.0. The molecule has 0 bridgehead atoms. The van der Waals surface area contributed by atoms with Gasteiger partial charge in [-0.25, -0.2) is 4.79 Å². The summed E-state index contributed by atoms with van der Waals surface area (Å²) in [6.45, 7) is 0.590. The zero-order valence-electron chi connectivity index (χ0n) is 15.9. The van der Waals surface area contributed by atoms with E-state index in [-0.39, 0.29) is 12.3 Å². The van der Waals surface area contributed by atoms with Gasteiger partial charge in [0.15, 0.2) is 6.04 Å². The second-order valence-electron chi connectivity index (χ2n) is 6.53. The third kappa shape index (κ3) is 4.54. The van der Waals surface area contributed by atoms with Gasteiger partial charge in [0.2, 0.25) is 5.91 Å². The second-order valence-corrected chi connectivity index (χ2v) is 6.53. The van der Waals surface area contributed by atoms with Crippen molar-refractivity contribution in [3.63, 3.8) is 0 Å². The molecular weight excluding hydrogens is 362 g/mol. The molecule has 0 fully saturated rings. The van der Waals surface area contributed by atoms with E-state index in [2.05, 4.69) is 5.32 Å². The quantitative estimate of drug-likeness (QED) is 0.725. The second kappa shape index (κ2) is 8.65. The van der Waals surface area contributed by atoms with Crippen LogP contribution in [0, 0.1) is 0 Å². The first-order valence-corrected chi connectivity index (χ1v) is 9.00. The molecule has 1 aliphatic heterocycles. The van der Waals surface area contributed by atoms with Crippen molar-refractivity contribution in [3.8, 4) is 17.2 Å². The molecule has 1 aliphatic rings. The first kappa shape index (κ1) is 19.5. The topological polar surface area (TPSA) is 94.1 Å². The molecule has 1 heterocycles. The molecule has 1 atom stereocenters. The van der Waals surface area contributed by atoms with Gasteiger partial charge in [-0.05, 0) is 47.4 Å². The van der Waals surface area contributed by atoms with E-state index in [9.17, 15) is 14.7 Å². The molecule has 148 valence electrons. The van der Waals surface area contributed by atoms with Crippen molar-refractivity contribution >= 4 is 11.9 Å². The summed E-state index contributed by atoms with van der Waals surface area (Å²) in [5, 5.41) is 12.2. The highest BCUT2D eigenvalue weighted by atomic mass is 16.5. The molecule has 0 radical (unpaired) electrons. The number of benzene rings is 2. The van der Waals surface area contributed by atoms with Gasteiger partial charge in [0.05, 0.1) is 20.8 Å². The van der Waals surface area contributed by atoms with Crippen molar-refractivity contribution < 1.29 is 28.9 Å². The lowest BCUT2D eigenvalue weighted by molar-refractivity contribution is -0.142. The number of amides is 1. The Morgan fingerprint density at radius 1 is 1.14 bits per heavy atom. The van der Waals surface area contributed by atoms with Crippen LogP contribution in [-0.2, 0) is 22.4 Å². The summed E-state index contributed by atoms with van der Waals surface area (Å²) in [7, 11) is 3.12. The Balaban J connectivity index is 1.66. The molecular formula is C21H23NO6. The van der Waals surface area contributed by atoms with E-state index in [0.29, 0.717) is 30.1 Å². The van der Waals surface area contributed by atoms with E-state index in [1.54, 1.807) is 38.5 Å². The van der Waals surface area contributed by atoms with Crippen LogP contribution < -0.4 is 19.5 Å². The number of rotatable bonds is 8. The van der Waals surface area contributed by atoms with Gasteiger partial charge in [0.1, 0.15) is 17.2 Å².